The number of carbonyl (C=O) groups excluding carboxylic acids is 2. The molecule has 7 heteroatoms. The van der Waals surface area contributed by atoms with Crippen molar-refractivity contribution in [3.63, 3.8) is 0 Å². The van der Waals surface area contributed by atoms with Crippen LogP contribution in [-0.4, -0.2) is 53.5 Å². The van der Waals surface area contributed by atoms with Crippen LogP contribution in [0.3, 0.4) is 0 Å². The molecule has 1 aliphatic heterocycles. The molecule has 1 saturated heterocycles. The number of nitrogens with one attached hydrogen (secondary N) is 1. The Bertz CT molecular complexity index is 647. The number of aliphatic carboxylic acids is 1. The zero-order valence-corrected chi connectivity index (χ0v) is 15.9. The lowest BCUT2D eigenvalue weighted by Crippen LogP contribution is -2.50. The summed E-state index contributed by atoms with van der Waals surface area (Å²) in [6.07, 6.45) is 1.72. The second-order valence-electron chi connectivity index (χ2n) is 7.31. The van der Waals surface area contributed by atoms with Gasteiger partial charge >= 0.3 is 5.97 Å². The average Bonchev–Trinajstić information content (AvgIpc) is 2.66. The van der Waals surface area contributed by atoms with Crippen LogP contribution < -0.4 is 10.1 Å². The van der Waals surface area contributed by atoms with Gasteiger partial charge in [-0.2, -0.15) is 0 Å². The molecule has 27 heavy (non-hydrogen) atoms. The fraction of sp³-hybridized carbons (Fsp3) is 0.550. The monoisotopic (exact) mass is 376 g/mol. The smallest absolute Gasteiger partial charge is 0.326 e. The summed E-state index contributed by atoms with van der Waals surface area (Å²) in [5, 5.41) is 11.9. The average molecular weight is 376 g/mol. The maximum atomic E-state index is 12.5. The lowest BCUT2D eigenvalue weighted by molar-refractivity contribution is -0.144. The summed E-state index contributed by atoms with van der Waals surface area (Å²) in [5.41, 5.74) is 0. The zero-order chi connectivity index (χ0) is 19.8. The Hall–Kier alpha value is -2.57. The summed E-state index contributed by atoms with van der Waals surface area (Å²) in [4.78, 5) is 37.9. The van der Waals surface area contributed by atoms with E-state index in [0.717, 1.165) is 0 Å². The van der Waals surface area contributed by atoms with Gasteiger partial charge in [0, 0.05) is 13.1 Å². The normalized spacial score (nSPS) is 18.0. The van der Waals surface area contributed by atoms with E-state index < -0.39 is 17.9 Å². The molecule has 148 valence electrons. The summed E-state index contributed by atoms with van der Waals surface area (Å²) < 4.78 is 5.49. The lowest BCUT2D eigenvalue weighted by atomic mass is 9.96. The molecule has 2 N–H and O–H groups in total. The SMILES string of the molecule is CC(C)C[C@@H](NC(=O)C1CCCN(C(=O)COc2ccccc2)C1)C(=O)O. The van der Waals surface area contributed by atoms with E-state index >= 15 is 0 Å². The molecule has 0 bridgehead atoms. The van der Waals surface area contributed by atoms with Gasteiger partial charge in [-0.1, -0.05) is 32.0 Å². The van der Waals surface area contributed by atoms with E-state index in [4.69, 9.17) is 4.74 Å². The number of carbonyl (C=O) groups is 3. The zero-order valence-electron chi connectivity index (χ0n) is 15.9. The third-order valence-electron chi connectivity index (χ3n) is 4.57. The van der Waals surface area contributed by atoms with Crippen molar-refractivity contribution < 1.29 is 24.2 Å². The maximum absolute atomic E-state index is 12.5. The first-order valence-corrected chi connectivity index (χ1v) is 9.35. The fourth-order valence-corrected chi connectivity index (χ4v) is 3.15. The number of para-hydroxylation sites is 1. The molecule has 2 atom stereocenters. The van der Waals surface area contributed by atoms with Crippen molar-refractivity contribution >= 4 is 17.8 Å². The van der Waals surface area contributed by atoms with Crippen molar-refractivity contribution in [2.24, 2.45) is 11.8 Å². The Morgan fingerprint density at radius 3 is 2.59 bits per heavy atom. The number of ether oxygens (including phenoxy) is 1. The summed E-state index contributed by atoms with van der Waals surface area (Å²) in [6.45, 7) is 4.61. The highest BCUT2D eigenvalue weighted by Crippen LogP contribution is 2.18. The molecule has 0 saturated carbocycles. The summed E-state index contributed by atoms with van der Waals surface area (Å²) in [7, 11) is 0. The van der Waals surface area contributed by atoms with Gasteiger partial charge in [-0.15, -0.1) is 0 Å². The molecule has 1 aliphatic rings. The van der Waals surface area contributed by atoms with Gasteiger partial charge in [-0.25, -0.2) is 4.79 Å². The van der Waals surface area contributed by atoms with E-state index in [-0.39, 0.29) is 30.9 Å². The van der Waals surface area contributed by atoms with Crippen LogP contribution in [0.4, 0.5) is 0 Å². The van der Waals surface area contributed by atoms with Gasteiger partial charge in [0.25, 0.3) is 5.91 Å². The minimum atomic E-state index is -1.03. The van der Waals surface area contributed by atoms with Gasteiger partial charge < -0.3 is 20.1 Å². The van der Waals surface area contributed by atoms with E-state index in [1.807, 2.05) is 32.0 Å². The predicted molar refractivity (Wildman–Crippen MR) is 100 cm³/mol. The third kappa shape index (κ3) is 6.58. The van der Waals surface area contributed by atoms with Crippen LogP contribution in [0.2, 0.25) is 0 Å². The second kappa shape index (κ2) is 9.94. The van der Waals surface area contributed by atoms with Crippen LogP contribution in [0.25, 0.3) is 0 Å². The minimum absolute atomic E-state index is 0.0799. The predicted octanol–water partition coefficient (Wildman–Crippen LogP) is 1.92. The Labute approximate surface area is 159 Å². The highest BCUT2D eigenvalue weighted by molar-refractivity contribution is 5.86. The second-order valence-corrected chi connectivity index (χ2v) is 7.31. The first-order valence-electron chi connectivity index (χ1n) is 9.35. The van der Waals surface area contributed by atoms with E-state index in [1.165, 1.54) is 0 Å². The first-order chi connectivity index (χ1) is 12.9. The van der Waals surface area contributed by atoms with Gasteiger partial charge in [0.2, 0.25) is 5.91 Å². The standard InChI is InChI=1S/C20H28N2O5/c1-14(2)11-17(20(25)26)21-19(24)15-7-6-10-22(12-15)18(23)13-27-16-8-4-3-5-9-16/h3-5,8-9,14-15,17H,6-7,10-13H2,1-2H3,(H,21,24)(H,25,26)/t15?,17-/m1/s1. The highest BCUT2D eigenvalue weighted by Gasteiger charge is 2.31. The number of benzene rings is 1. The van der Waals surface area contributed by atoms with Crippen molar-refractivity contribution in [3.8, 4) is 5.75 Å². The number of amides is 2. The van der Waals surface area contributed by atoms with Crippen LogP contribution in [-0.2, 0) is 14.4 Å². The topological polar surface area (TPSA) is 95.9 Å². The lowest BCUT2D eigenvalue weighted by Gasteiger charge is -2.32. The minimum Gasteiger partial charge on any atom is -0.484 e. The van der Waals surface area contributed by atoms with Crippen LogP contribution in [0, 0.1) is 11.8 Å². The summed E-state index contributed by atoms with van der Waals surface area (Å²) >= 11 is 0. The van der Waals surface area contributed by atoms with Gasteiger partial charge in [-0.05, 0) is 37.3 Å². The molecule has 0 aliphatic carbocycles. The van der Waals surface area contributed by atoms with Crippen molar-refractivity contribution in [2.45, 2.75) is 39.2 Å². The molecule has 1 unspecified atom stereocenters. The molecule has 1 fully saturated rings. The number of piperidine rings is 1. The van der Waals surface area contributed by atoms with Gasteiger partial charge in [0.05, 0.1) is 5.92 Å². The largest absolute Gasteiger partial charge is 0.484 e. The number of hydrogen-bond donors (Lipinski definition) is 2. The summed E-state index contributed by atoms with van der Waals surface area (Å²) in [6, 6.07) is 8.19. The molecule has 1 aromatic rings. The molecule has 2 rings (SSSR count). The summed E-state index contributed by atoms with van der Waals surface area (Å²) in [5.74, 6) is -1.12. The molecule has 1 heterocycles. The van der Waals surface area contributed by atoms with Crippen LogP contribution in [0.15, 0.2) is 30.3 Å². The van der Waals surface area contributed by atoms with Crippen molar-refractivity contribution in [3.05, 3.63) is 30.3 Å². The molecule has 0 aromatic heterocycles. The van der Waals surface area contributed by atoms with Crippen molar-refractivity contribution in [1.29, 1.82) is 0 Å². The van der Waals surface area contributed by atoms with Crippen LogP contribution in [0.5, 0.6) is 5.75 Å². The van der Waals surface area contributed by atoms with E-state index in [1.54, 1.807) is 17.0 Å². The highest BCUT2D eigenvalue weighted by atomic mass is 16.5. The Balaban J connectivity index is 1.87. The molecule has 7 nitrogen and oxygen atoms in total. The van der Waals surface area contributed by atoms with E-state index in [9.17, 15) is 19.5 Å². The number of hydrogen-bond acceptors (Lipinski definition) is 4. The number of carboxylic acids is 1. The fourth-order valence-electron chi connectivity index (χ4n) is 3.15. The van der Waals surface area contributed by atoms with Crippen molar-refractivity contribution in [1.82, 2.24) is 10.2 Å². The third-order valence-corrected chi connectivity index (χ3v) is 4.57. The van der Waals surface area contributed by atoms with E-state index in [0.29, 0.717) is 31.6 Å². The molecule has 1 aromatic carbocycles. The number of nitrogens with zero attached hydrogens (tertiary/aromatic N) is 1. The van der Waals surface area contributed by atoms with Crippen molar-refractivity contribution in [2.75, 3.05) is 19.7 Å². The van der Waals surface area contributed by atoms with Gasteiger partial charge in [-0.3, -0.25) is 9.59 Å². The van der Waals surface area contributed by atoms with Gasteiger partial charge in [0.1, 0.15) is 11.8 Å². The van der Waals surface area contributed by atoms with Gasteiger partial charge in [0.15, 0.2) is 6.61 Å². The maximum Gasteiger partial charge on any atom is 0.326 e. The van der Waals surface area contributed by atoms with Crippen LogP contribution >= 0.6 is 0 Å². The van der Waals surface area contributed by atoms with E-state index in [2.05, 4.69) is 5.32 Å². The molecular formula is C20H28N2O5. The quantitative estimate of drug-likeness (QED) is 0.723. The number of rotatable bonds is 8. The molecule has 0 radical (unpaired) electrons. The number of likely N-dealkylation sites (tertiary alicyclic amines) is 1. The number of carboxylic acid groups (broad SMARTS) is 1. The molecule has 2 amide bonds. The first kappa shape index (κ1) is 20.7. The Morgan fingerprint density at radius 1 is 1.26 bits per heavy atom. The Kier molecular flexibility index (Phi) is 7.64. The molecule has 0 spiro atoms. The molecular weight excluding hydrogens is 348 g/mol. The van der Waals surface area contributed by atoms with Crippen LogP contribution in [0.1, 0.15) is 33.1 Å². The Morgan fingerprint density at radius 2 is 1.96 bits per heavy atom.